The first-order valence-corrected chi connectivity index (χ1v) is 9.38. The third kappa shape index (κ3) is 3.09. The highest BCUT2D eigenvalue weighted by atomic mass is 16.6. The fourth-order valence-corrected chi connectivity index (χ4v) is 4.60. The van der Waals surface area contributed by atoms with Crippen molar-refractivity contribution in [2.45, 2.75) is 32.1 Å². The number of nitrogens with zero attached hydrogens (tertiary/aromatic N) is 3. The second kappa shape index (κ2) is 6.75. The van der Waals surface area contributed by atoms with E-state index in [1.165, 1.54) is 31.4 Å². The predicted octanol–water partition coefficient (Wildman–Crippen LogP) is 2.23. The molecular weight excluding hydrogens is 350 g/mol. The standard InChI is InChI=1S/C19H21N3O5/c23-17(20-8-7-12-3-1-2-4-13(12)10-20)11-21-18(24)15-6-5-14(22(26)27)9-16(15)19(21)25/h5-6,9,12-13H,1-4,7-8,10-11H2/t12-,13-/m1/s1. The van der Waals surface area contributed by atoms with E-state index in [4.69, 9.17) is 0 Å². The van der Waals surface area contributed by atoms with Crippen molar-refractivity contribution in [3.05, 3.63) is 39.4 Å². The molecule has 0 unspecified atom stereocenters. The van der Waals surface area contributed by atoms with Crippen LogP contribution in [-0.2, 0) is 4.79 Å². The number of hydrogen-bond donors (Lipinski definition) is 0. The maximum atomic E-state index is 12.7. The van der Waals surface area contributed by atoms with Gasteiger partial charge < -0.3 is 4.90 Å². The lowest BCUT2D eigenvalue weighted by Crippen LogP contribution is -2.49. The average Bonchev–Trinajstić information content (AvgIpc) is 2.92. The molecule has 27 heavy (non-hydrogen) atoms. The first-order chi connectivity index (χ1) is 13.0. The molecule has 3 aliphatic rings. The number of benzene rings is 1. The van der Waals surface area contributed by atoms with Crippen molar-refractivity contribution in [2.24, 2.45) is 11.8 Å². The van der Waals surface area contributed by atoms with E-state index < -0.39 is 16.7 Å². The summed E-state index contributed by atoms with van der Waals surface area (Å²) < 4.78 is 0. The van der Waals surface area contributed by atoms with Gasteiger partial charge in [-0.15, -0.1) is 0 Å². The molecule has 2 atom stereocenters. The topological polar surface area (TPSA) is 101 Å². The lowest BCUT2D eigenvalue weighted by molar-refractivity contribution is -0.384. The molecule has 2 aliphatic heterocycles. The number of carbonyl (C=O) groups excluding carboxylic acids is 3. The van der Waals surface area contributed by atoms with E-state index in [1.807, 2.05) is 0 Å². The molecule has 8 heteroatoms. The summed E-state index contributed by atoms with van der Waals surface area (Å²) >= 11 is 0. The third-order valence-electron chi connectivity index (χ3n) is 6.10. The van der Waals surface area contributed by atoms with Gasteiger partial charge in [0, 0.05) is 25.2 Å². The number of hydrogen-bond acceptors (Lipinski definition) is 5. The molecule has 0 bridgehead atoms. The summed E-state index contributed by atoms with van der Waals surface area (Å²) in [6.07, 6.45) is 5.79. The highest BCUT2D eigenvalue weighted by molar-refractivity contribution is 6.22. The minimum atomic E-state index is -0.639. The summed E-state index contributed by atoms with van der Waals surface area (Å²) in [7, 11) is 0. The number of imide groups is 1. The summed E-state index contributed by atoms with van der Waals surface area (Å²) in [5.41, 5.74) is -0.139. The zero-order chi connectivity index (χ0) is 19.1. The number of amides is 3. The Hall–Kier alpha value is -2.77. The molecule has 2 heterocycles. The highest BCUT2D eigenvalue weighted by Crippen LogP contribution is 2.36. The van der Waals surface area contributed by atoms with Crippen molar-refractivity contribution >= 4 is 23.4 Å². The molecular formula is C19H21N3O5. The quantitative estimate of drug-likeness (QED) is 0.461. The number of fused-ring (bicyclic) bond motifs is 2. The molecule has 142 valence electrons. The van der Waals surface area contributed by atoms with Crippen LogP contribution < -0.4 is 0 Å². The Morgan fingerprint density at radius 2 is 1.78 bits per heavy atom. The second-order valence-corrected chi connectivity index (χ2v) is 7.62. The third-order valence-corrected chi connectivity index (χ3v) is 6.10. The number of nitro benzene ring substituents is 1. The van der Waals surface area contributed by atoms with Crippen molar-refractivity contribution in [2.75, 3.05) is 19.6 Å². The summed E-state index contributed by atoms with van der Waals surface area (Å²) in [5, 5.41) is 10.9. The Morgan fingerprint density at radius 1 is 1.07 bits per heavy atom. The van der Waals surface area contributed by atoms with Crippen LogP contribution in [0.25, 0.3) is 0 Å². The van der Waals surface area contributed by atoms with Crippen molar-refractivity contribution in [3.8, 4) is 0 Å². The number of non-ortho nitro benzene ring substituents is 1. The molecule has 1 aromatic rings. The molecule has 0 radical (unpaired) electrons. The van der Waals surface area contributed by atoms with Crippen LogP contribution in [0.5, 0.6) is 0 Å². The zero-order valence-electron chi connectivity index (χ0n) is 14.9. The summed E-state index contributed by atoms with van der Waals surface area (Å²) in [4.78, 5) is 50.7. The molecule has 2 fully saturated rings. The van der Waals surface area contributed by atoms with Gasteiger partial charge in [0.15, 0.2) is 0 Å². The molecule has 0 N–H and O–H groups in total. The van der Waals surface area contributed by atoms with Crippen LogP contribution in [0.4, 0.5) is 5.69 Å². The molecule has 1 aliphatic carbocycles. The molecule has 8 nitrogen and oxygen atoms in total. The van der Waals surface area contributed by atoms with E-state index in [1.54, 1.807) is 4.90 Å². The van der Waals surface area contributed by atoms with Gasteiger partial charge in [0.2, 0.25) is 5.91 Å². The van der Waals surface area contributed by atoms with Gasteiger partial charge in [-0.2, -0.15) is 0 Å². The van der Waals surface area contributed by atoms with E-state index in [0.29, 0.717) is 24.9 Å². The normalized spacial score (nSPS) is 24.6. The Balaban J connectivity index is 1.46. The van der Waals surface area contributed by atoms with Crippen molar-refractivity contribution < 1.29 is 19.3 Å². The van der Waals surface area contributed by atoms with Crippen molar-refractivity contribution in [1.29, 1.82) is 0 Å². The fourth-order valence-electron chi connectivity index (χ4n) is 4.60. The van der Waals surface area contributed by atoms with Gasteiger partial charge in [-0.1, -0.05) is 19.3 Å². The number of piperidine rings is 1. The Labute approximate surface area is 156 Å². The summed E-state index contributed by atoms with van der Waals surface area (Å²) in [6, 6.07) is 3.59. The molecule has 1 aromatic carbocycles. The van der Waals surface area contributed by atoms with Gasteiger partial charge in [0.05, 0.1) is 16.1 Å². The van der Waals surface area contributed by atoms with Crippen LogP contribution in [0, 0.1) is 22.0 Å². The van der Waals surface area contributed by atoms with E-state index >= 15 is 0 Å². The number of likely N-dealkylation sites (tertiary alicyclic amines) is 1. The largest absolute Gasteiger partial charge is 0.341 e. The molecule has 3 amide bonds. The van der Waals surface area contributed by atoms with Crippen LogP contribution >= 0.6 is 0 Å². The lowest BCUT2D eigenvalue weighted by atomic mass is 9.75. The smallest absolute Gasteiger partial charge is 0.270 e. The van der Waals surface area contributed by atoms with Crippen LogP contribution in [0.1, 0.15) is 52.8 Å². The van der Waals surface area contributed by atoms with Gasteiger partial charge in [-0.3, -0.25) is 29.4 Å². The number of rotatable bonds is 3. The molecule has 1 saturated carbocycles. The van der Waals surface area contributed by atoms with Crippen LogP contribution in [0.2, 0.25) is 0 Å². The summed E-state index contributed by atoms with van der Waals surface area (Å²) in [6.45, 7) is 1.05. The summed E-state index contributed by atoms with van der Waals surface area (Å²) in [5.74, 6) is -0.239. The number of carbonyl (C=O) groups is 3. The van der Waals surface area contributed by atoms with Gasteiger partial charge >= 0.3 is 0 Å². The maximum Gasteiger partial charge on any atom is 0.270 e. The van der Waals surface area contributed by atoms with E-state index in [2.05, 4.69) is 0 Å². The van der Waals surface area contributed by atoms with Gasteiger partial charge in [-0.05, 0) is 30.7 Å². The van der Waals surface area contributed by atoms with Crippen LogP contribution in [-0.4, -0.2) is 52.1 Å². The van der Waals surface area contributed by atoms with Crippen molar-refractivity contribution in [1.82, 2.24) is 9.80 Å². The van der Waals surface area contributed by atoms with Gasteiger partial charge in [0.1, 0.15) is 6.54 Å². The minimum absolute atomic E-state index is 0.00649. The van der Waals surface area contributed by atoms with Crippen LogP contribution in [0.3, 0.4) is 0 Å². The first-order valence-electron chi connectivity index (χ1n) is 9.38. The molecule has 4 rings (SSSR count). The van der Waals surface area contributed by atoms with Gasteiger partial charge in [0.25, 0.3) is 17.5 Å². The molecule has 1 saturated heterocycles. The maximum absolute atomic E-state index is 12.7. The van der Waals surface area contributed by atoms with Gasteiger partial charge in [-0.25, -0.2) is 0 Å². The Kier molecular flexibility index (Phi) is 4.41. The van der Waals surface area contributed by atoms with Crippen molar-refractivity contribution in [3.63, 3.8) is 0 Å². The molecule has 0 aromatic heterocycles. The first kappa shape index (κ1) is 17.6. The molecule has 0 spiro atoms. The lowest BCUT2D eigenvalue weighted by Gasteiger charge is -2.41. The number of nitro groups is 1. The Bertz CT molecular complexity index is 837. The zero-order valence-corrected chi connectivity index (χ0v) is 14.9. The van der Waals surface area contributed by atoms with Crippen LogP contribution in [0.15, 0.2) is 18.2 Å². The fraction of sp³-hybridized carbons (Fsp3) is 0.526. The van der Waals surface area contributed by atoms with E-state index in [0.717, 1.165) is 23.8 Å². The van der Waals surface area contributed by atoms with E-state index in [9.17, 15) is 24.5 Å². The van der Waals surface area contributed by atoms with E-state index in [-0.39, 0.29) is 29.3 Å². The average molecular weight is 371 g/mol. The second-order valence-electron chi connectivity index (χ2n) is 7.62. The Morgan fingerprint density at radius 3 is 2.52 bits per heavy atom. The minimum Gasteiger partial charge on any atom is -0.341 e. The highest BCUT2D eigenvalue weighted by Gasteiger charge is 2.40. The predicted molar refractivity (Wildman–Crippen MR) is 95.1 cm³/mol. The SMILES string of the molecule is O=C(CN1C(=O)c2ccc([N+](=O)[O-])cc2C1=O)N1CC[C@H]2CCCC[C@@H]2C1. The monoisotopic (exact) mass is 371 g/mol.